The fourth-order valence-electron chi connectivity index (χ4n) is 5.54. The van der Waals surface area contributed by atoms with Crippen molar-refractivity contribution in [3.8, 4) is 0 Å². The number of hydrogen-bond donors (Lipinski definition) is 0. The molecule has 0 saturated carbocycles. The van der Waals surface area contributed by atoms with E-state index in [0.717, 1.165) is 12.3 Å². The van der Waals surface area contributed by atoms with E-state index in [1.807, 2.05) is 0 Å². The van der Waals surface area contributed by atoms with Gasteiger partial charge in [0.05, 0.1) is 11.2 Å². The Balaban J connectivity index is 1.69. The molecule has 0 aliphatic heterocycles. The van der Waals surface area contributed by atoms with E-state index in [2.05, 4.69) is 128 Å². The first-order chi connectivity index (χ1) is 19.3. The van der Waals surface area contributed by atoms with E-state index in [4.69, 9.17) is 6.58 Å². The first-order valence-corrected chi connectivity index (χ1v) is 18.3. The van der Waals surface area contributed by atoms with E-state index in [1.165, 1.54) is 77.9 Å². The van der Waals surface area contributed by atoms with E-state index in [1.54, 1.807) is 0 Å². The number of unbranched alkanes of at least 4 members (excludes halogenated alkanes) is 7. The molecule has 4 aromatic rings. The SMILES string of the molecule is C=C(CCCCCCCCCC)[P+](CP(c1ccccc1)c1ccccc1)(c1ccccc1)c1ccccc1. The zero-order chi connectivity index (χ0) is 27.2. The van der Waals surface area contributed by atoms with Gasteiger partial charge in [0.15, 0.2) is 0 Å². The summed E-state index contributed by atoms with van der Waals surface area (Å²) in [6.45, 7) is 7.23. The number of benzene rings is 4. The molecule has 202 valence electrons. The van der Waals surface area contributed by atoms with Crippen molar-refractivity contribution >= 4 is 36.4 Å². The van der Waals surface area contributed by atoms with Crippen LogP contribution < -0.4 is 21.2 Å². The molecule has 0 unspecified atom stereocenters. The molecule has 0 spiro atoms. The molecule has 0 radical (unpaired) electrons. The van der Waals surface area contributed by atoms with Crippen LogP contribution in [0.1, 0.15) is 64.7 Å². The quantitative estimate of drug-likeness (QED) is 0.0960. The maximum absolute atomic E-state index is 4.94. The maximum atomic E-state index is 4.94. The Morgan fingerprint density at radius 3 is 1.36 bits per heavy atom. The van der Waals surface area contributed by atoms with Crippen molar-refractivity contribution in [3.05, 3.63) is 133 Å². The van der Waals surface area contributed by atoms with Crippen molar-refractivity contribution in [3.63, 3.8) is 0 Å². The second-order valence-electron chi connectivity index (χ2n) is 10.5. The zero-order valence-corrected chi connectivity index (χ0v) is 25.5. The average Bonchev–Trinajstić information content (AvgIpc) is 3.01. The van der Waals surface area contributed by atoms with Crippen molar-refractivity contribution in [2.75, 3.05) is 5.90 Å². The monoisotopic (exact) mass is 551 g/mol. The highest BCUT2D eigenvalue weighted by Gasteiger charge is 2.48. The lowest BCUT2D eigenvalue weighted by atomic mass is 10.1. The van der Waals surface area contributed by atoms with Crippen molar-refractivity contribution in [1.82, 2.24) is 0 Å². The number of hydrogen-bond acceptors (Lipinski definition) is 0. The van der Waals surface area contributed by atoms with Crippen molar-refractivity contribution in [2.45, 2.75) is 64.7 Å². The first kappa shape index (κ1) is 29.5. The van der Waals surface area contributed by atoms with Crippen LogP contribution in [-0.2, 0) is 0 Å². The highest BCUT2D eigenvalue weighted by Crippen LogP contribution is 2.69. The molecule has 0 fully saturated rings. The Morgan fingerprint density at radius 1 is 0.538 bits per heavy atom. The largest absolute Gasteiger partial charge is 0.112 e. The van der Waals surface area contributed by atoms with E-state index < -0.39 is 15.2 Å². The topological polar surface area (TPSA) is 0 Å². The Bertz CT molecular complexity index is 1140. The van der Waals surface area contributed by atoms with Crippen LogP contribution in [0.15, 0.2) is 133 Å². The summed E-state index contributed by atoms with van der Waals surface area (Å²) in [5.74, 6) is 1.13. The zero-order valence-electron chi connectivity index (χ0n) is 23.7. The Hall–Kier alpha value is -2.52. The molecular weight excluding hydrogens is 506 g/mol. The summed E-state index contributed by atoms with van der Waals surface area (Å²) in [7, 11) is -2.48. The van der Waals surface area contributed by atoms with Gasteiger partial charge in [-0.1, -0.05) is 156 Å². The van der Waals surface area contributed by atoms with E-state index in [0.29, 0.717) is 0 Å². The second kappa shape index (κ2) is 15.9. The number of rotatable bonds is 16. The van der Waals surface area contributed by atoms with Crippen LogP contribution in [0.2, 0.25) is 0 Å². The molecule has 0 atom stereocenters. The standard InChI is InChI=1S/C37H45P2/c1-3-4-5-6-7-8-9-14-23-33(2)39(36-28-19-12-20-29-36,37-30-21-13-22-31-37)32-38(34-24-15-10-16-25-34)35-26-17-11-18-27-35/h10-13,15-22,24-31H,2-9,14,23,32H2,1H3/q+1. The van der Waals surface area contributed by atoms with Gasteiger partial charge in [0.1, 0.15) is 17.9 Å². The van der Waals surface area contributed by atoms with Gasteiger partial charge in [0.2, 0.25) is 0 Å². The van der Waals surface area contributed by atoms with Gasteiger partial charge >= 0.3 is 0 Å². The molecule has 0 bridgehead atoms. The lowest BCUT2D eigenvalue weighted by molar-refractivity contribution is 0.577. The van der Waals surface area contributed by atoms with Gasteiger partial charge in [-0.25, -0.2) is 0 Å². The molecule has 0 aliphatic carbocycles. The molecular formula is C37H45P2+. The van der Waals surface area contributed by atoms with Crippen LogP contribution in [0.3, 0.4) is 0 Å². The lowest BCUT2D eigenvalue weighted by Gasteiger charge is -2.33. The fraction of sp³-hybridized carbons (Fsp3) is 0.297. The van der Waals surface area contributed by atoms with E-state index >= 15 is 0 Å². The molecule has 0 aliphatic rings. The van der Waals surface area contributed by atoms with Crippen molar-refractivity contribution in [1.29, 1.82) is 0 Å². The first-order valence-electron chi connectivity index (χ1n) is 14.8. The molecule has 39 heavy (non-hydrogen) atoms. The predicted molar refractivity (Wildman–Crippen MR) is 179 cm³/mol. The molecule has 0 saturated heterocycles. The van der Waals surface area contributed by atoms with Crippen molar-refractivity contribution in [2.24, 2.45) is 0 Å². The van der Waals surface area contributed by atoms with Crippen LogP contribution in [0, 0.1) is 0 Å². The van der Waals surface area contributed by atoms with Gasteiger partial charge in [-0.2, -0.15) is 0 Å². The third-order valence-electron chi connectivity index (χ3n) is 7.74. The summed E-state index contributed by atoms with van der Waals surface area (Å²) in [6.07, 6.45) is 11.9. The third kappa shape index (κ3) is 8.01. The molecule has 0 heterocycles. The molecule has 2 heteroatoms. The lowest BCUT2D eigenvalue weighted by Crippen LogP contribution is -2.28. The predicted octanol–water partition coefficient (Wildman–Crippen LogP) is 9.79. The second-order valence-corrected chi connectivity index (χ2v) is 16.8. The summed E-state index contributed by atoms with van der Waals surface area (Å²) >= 11 is 0. The molecule has 0 amide bonds. The van der Waals surface area contributed by atoms with Crippen LogP contribution in [-0.4, -0.2) is 5.90 Å². The van der Waals surface area contributed by atoms with Crippen LogP contribution in [0.4, 0.5) is 0 Å². The summed E-state index contributed by atoms with van der Waals surface area (Å²) < 4.78 is 0. The molecule has 4 rings (SSSR count). The smallest absolute Gasteiger partial charge is 0.0654 e. The van der Waals surface area contributed by atoms with Gasteiger partial charge in [-0.3, -0.25) is 0 Å². The van der Waals surface area contributed by atoms with Gasteiger partial charge < -0.3 is 0 Å². The van der Waals surface area contributed by atoms with Gasteiger partial charge in [-0.05, 0) is 49.2 Å². The highest BCUT2D eigenvalue weighted by molar-refractivity contribution is 8.00. The van der Waals surface area contributed by atoms with Gasteiger partial charge in [-0.15, -0.1) is 0 Å². The Morgan fingerprint density at radius 2 is 0.923 bits per heavy atom. The van der Waals surface area contributed by atoms with Gasteiger partial charge in [0.25, 0.3) is 0 Å². The minimum Gasteiger partial charge on any atom is -0.0654 e. The van der Waals surface area contributed by atoms with Crippen LogP contribution >= 0.6 is 15.2 Å². The molecule has 0 aromatic heterocycles. The summed E-state index contributed by atoms with van der Waals surface area (Å²) in [5, 5.41) is 7.31. The average molecular weight is 552 g/mol. The molecule has 0 nitrogen and oxygen atoms in total. The van der Waals surface area contributed by atoms with Crippen LogP contribution in [0.5, 0.6) is 0 Å². The minimum absolute atomic E-state index is 0.560. The summed E-state index contributed by atoms with van der Waals surface area (Å²) in [5.41, 5.74) is 0. The number of allylic oxidation sites excluding steroid dienone is 1. The Labute approximate surface area is 239 Å². The van der Waals surface area contributed by atoms with Crippen molar-refractivity contribution < 1.29 is 0 Å². The normalized spacial score (nSPS) is 11.5. The van der Waals surface area contributed by atoms with Crippen LogP contribution in [0.25, 0.3) is 0 Å². The van der Waals surface area contributed by atoms with Gasteiger partial charge in [0, 0.05) is 6.42 Å². The minimum atomic E-state index is -1.92. The molecule has 4 aromatic carbocycles. The summed E-state index contributed by atoms with van der Waals surface area (Å²) in [6, 6.07) is 45.2. The molecule has 0 N–H and O–H groups in total. The van der Waals surface area contributed by atoms with E-state index in [9.17, 15) is 0 Å². The fourth-order valence-corrected chi connectivity index (χ4v) is 14.9. The summed E-state index contributed by atoms with van der Waals surface area (Å²) in [4.78, 5) is 0. The Kier molecular flexibility index (Phi) is 12.0. The third-order valence-corrected chi connectivity index (χ3v) is 16.1. The van der Waals surface area contributed by atoms with E-state index in [-0.39, 0.29) is 0 Å². The highest BCUT2D eigenvalue weighted by atomic mass is 31.2. The maximum Gasteiger partial charge on any atom is 0.112 e.